The molecule has 1 aliphatic heterocycles. The minimum atomic E-state index is -0.00726. The molecule has 2 aromatic heterocycles. The lowest BCUT2D eigenvalue weighted by Crippen LogP contribution is -2.32. The number of aromatic nitrogens is 2. The van der Waals surface area contributed by atoms with Crippen molar-refractivity contribution in [2.24, 2.45) is 0 Å². The first-order valence-electron chi connectivity index (χ1n) is 11.4. The first-order chi connectivity index (χ1) is 16.1. The monoisotopic (exact) mass is 455 g/mol. The number of hydrogen-bond donors (Lipinski definition) is 1. The first kappa shape index (κ1) is 21.6. The number of benzene rings is 2. The zero-order valence-electron chi connectivity index (χ0n) is 19.1. The fourth-order valence-electron chi connectivity index (χ4n) is 4.72. The van der Waals surface area contributed by atoms with Gasteiger partial charge in [0, 0.05) is 30.3 Å². The van der Waals surface area contributed by atoms with Gasteiger partial charge in [-0.1, -0.05) is 36.4 Å². The number of rotatable bonds is 7. The Morgan fingerprint density at radius 1 is 0.970 bits per heavy atom. The summed E-state index contributed by atoms with van der Waals surface area (Å²) in [7, 11) is 4.22. The van der Waals surface area contributed by atoms with Gasteiger partial charge in [-0.2, -0.15) is 0 Å². The summed E-state index contributed by atoms with van der Waals surface area (Å²) >= 11 is 5.83. The smallest absolute Gasteiger partial charge is 0.170 e. The third-order valence-electron chi connectivity index (χ3n) is 6.30. The summed E-state index contributed by atoms with van der Waals surface area (Å²) in [5.41, 5.74) is 3.36. The Morgan fingerprint density at radius 2 is 1.79 bits per heavy atom. The van der Waals surface area contributed by atoms with Crippen LogP contribution in [-0.2, 0) is 0 Å². The molecule has 0 bridgehead atoms. The van der Waals surface area contributed by atoms with Crippen LogP contribution in [0.3, 0.4) is 0 Å². The van der Waals surface area contributed by atoms with Gasteiger partial charge < -0.3 is 19.7 Å². The van der Waals surface area contributed by atoms with Crippen LogP contribution in [-0.4, -0.2) is 51.6 Å². The van der Waals surface area contributed by atoms with Crippen molar-refractivity contribution in [3.8, 4) is 5.69 Å². The Bertz CT molecular complexity index is 1250. The van der Waals surface area contributed by atoms with Crippen LogP contribution in [0, 0.1) is 0 Å². The fourth-order valence-corrected chi connectivity index (χ4v) is 5.05. The third-order valence-corrected chi connectivity index (χ3v) is 6.65. The third kappa shape index (κ3) is 4.36. The van der Waals surface area contributed by atoms with Crippen molar-refractivity contribution in [2.75, 3.05) is 27.2 Å². The van der Waals surface area contributed by atoms with Gasteiger partial charge in [-0.05, 0) is 86.4 Å². The number of hydrogen-bond acceptors (Lipinski definition) is 3. The van der Waals surface area contributed by atoms with Crippen LogP contribution in [0.25, 0.3) is 16.5 Å². The van der Waals surface area contributed by atoms with Gasteiger partial charge in [-0.15, -0.1) is 0 Å². The van der Waals surface area contributed by atoms with Gasteiger partial charge >= 0.3 is 0 Å². The predicted molar refractivity (Wildman–Crippen MR) is 139 cm³/mol. The molecule has 0 amide bonds. The quantitative estimate of drug-likeness (QED) is 0.399. The van der Waals surface area contributed by atoms with E-state index < -0.39 is 0 Å². The van der Waals surface area contributed by atoms with Gasteiger partial charge in [0.2, 0.25) is 0 Å². The van der Waals surface area contributed by atoms with E-state index in [9.17, 15) is 0 Å². The van der Waals surface area contributed by atoms with Gasteiger partial charge in [-0.25, -0.2) is 0 Å². The minimum absolute atomic E-state index is 0.00726. The second kappa shape index (κ2) is 9.33. The largest absolute Gasteiger partial charge is 0.352 e. The summed E-state index contributed by atoms with van der Waals surface area (Å²) in [6.45, 7) is 1.91. The summed E-state index contributed by atoms with van der Waals surface area (Å²) in [4.78, 5) is 9.23. The van der Waals surface area contributed by atoms with Gasteiger partial charge in [0.05, 0.1) is 17.8 Å². The summed E-state index contributed by atoms with van der Waals surface area (Å²) in [5.74, 6) is 0. The zero-order valence-corrected chi connectivity index (χ0v) is 19.9. The number of nitrogens with zero attached hydrogens (tertiary/aromatic N) is 4. The number of nitrogens with one attached hydrogen (secondary N) is 1. The van der Waals surface area contributed by atoms with Crippen LogP contribution in [0.2, 0.25) is 0 Å². The number of fused-ring (bicyclic) bond motifs is 1. The van der Waals surface area contributed by atoms with E-state index in [1.54, 1.807) is 0 Å². The van der Waals surface area contributed by atoms with Gasteiger partial charge in [-0.3, -0.25) is 4.98 Å². The van der Waals surface area contributed by atoms with Crippen LogP contribution >= 0.6 is 12.2 Å². The average molecular weight is 456 g/mol. The average Bonchev–Trinajstić information content (AvgIpc) is 3.44. The van der Waals surface area contributed by atoms with E-state index in [2.05, 4.69) is 106 Å². The molecule has 168 valence electrons. The summed E-state index contributed by atoms with van der Waals surface area (Å²) in [5, 5.41) is 6.85. The van der Waals surface area contributed by atoms with Crippen molar-refractivity contribution in [2.45, 2.75) is 18.5 Å². The molecule has 0 aliphatic carbocycles. The SMILES string of the molecule is CN(C)CCCN1C(=S)NC(c2ccccn2)C1c1cccn1-c1ccc2ccccc2c1. The molecule has 5 rings (SSSR count). The minimum Gasteiger partial charge on any atom is -0.352 e. The molecule has 4 aromatic rings. The highest BCUT2D eigenvalue weighted by atomic mass is 32.1. The molecule has 0 saturated carbocycles. The van der Waals surface area contributed by atoms with Gasteiger partial charge in [0.1, 0.15) is 0 Å². The van der Waals surface area contributed by atoms with Crippen molar-refractivity contribution in [1.29, 1.82) is 0 Å². The molecule has 3 heterocycles. The highest BCUT2D eigenvalue weighted by Crippen LogP contribution is 2.39. The predicted octanol–water partition coefficient (Wildman–Crippen LogP) is 4.95. The Balaban J connectivity index is 1.56. The second-order valence-corrected chi connectivity index (χ2v) is 9.20. The normalized spacial score (nSPS) is 18.3. The summed E-state index contributed by atoms with van der Waals surface area (Å²) in [6.07, 6.45) is 5.04. The molecule has 5 nitrogen and oxygen atoms in total. The molecule has 0 radical (unpaired) electrons. The Hall–Kier alpha value is -3.22. The van der Waals surface area contributed by atoms with Crippen LogP contribution in [0.5, 0.6) is 0 Å². The highest BCUT2D eigenvalue weighted by molar-refractivity contribution is 7.80. The van der Waals surface area contributed by atoms with Gasteiger partial charge in [0.25, 0.3) is 0 Å². The molecule has 1 N–H and O–H groups in total. The second-order valence-electron chi connectivity index (χ2n) is 8.81. The van der Waals surface area contributed by atoms with Gasteiger partial charge in [0.15, 0.2) is 5.11 Å². The zero-order chi connectivity index (χ0) is 22.8. The van der Waals surface area contributed by atoms with E-state index in [0.717, 1.165) is 36.0 Å². The molecule has 2 aromatic carbocycles. The van der Waals surface area contributed by atoms with Crippen LogP contribution in [0.4, 0.5) is 0 Å². The Morgan fingerprint density at radius 3 is 2.58 bits per heavy atom. The van der Waals surface area contributed by atoms with Crippen molar-refractivity contribution in [3.05, 3.63) is 96.6 Å². The van der Waals surface area contributed by atoms with E-state index in [0.29, 0.717) is 0 Å². The maximum Gasteiger partial charge on any atom is 0.170 e. The Labute approximate surface area is 200 Å². The lowest BCUT2D eigenvalue weighted by Gasteiger charge is -2.29. The van der Waals surface area contributed by atoms with Crippen LogP contribution < -0.4 is 5.32 Å². The van der Waals surface area contributed by atoms with E-state index in [1.807, 2.05) is 18.3 Å². The van der Waals surface area contributed by atoms with E-state index >= 15 is 0 Å². The number of thiocarbonyl (C=S) groups is 1. The van der Waals surface area contributed by atoms with E-state index in [1.165, 1.54) is 16.5 Å². The van der Waals surface area contributed by atoms with Crippen LogP contribution in [0.1, 0.15) is 29.9 Å². The fraction of sp³-hybridized carbons (Fsp3) is 0.259. The molecule has 2 unspecified atom stereocenters. The van der Waals surface area contributed by atoms with Crippen LogP contribution in [0.15, 0.2) is 85.2 Å². The lowest BCUT2D eigenvalue weighted by molar-refractivity contribution is 0.286. The molecule has 33 heavy (non-hydrogen) atoms. The van der Waals surface area contributed by atoms with Crippen molar-refractivity contribution in [1.82, 2.24) is 24.7 Å². The molecule has 1 aliphatic rings. The maximum absolute atomic E-state index is 5.83. The van der Waals surface area contributed by atoms with Crippen molar-refractivity contribution < 1.29 is 0 Å². The maximum atomic E-state index is 5.83. The van der Waals surface area contributed by atoms with Crippen molar-refractivity contribution in [3.63, 3.8) is 0 Å². The van der Waals surface area contributed by atoms with E-state index in [-0.39, 0.29) is 12.1 Å². The molecule has 0 spiro atoms. The summed E-state index contributed by atoms with van der Waals surface area (Å²) in [6, 6.07) is 25.6. The lowest BCUT2D eigenvalue weighted by atomic mass is 10.0. The molecule has 6 heteroatoms. The first-order valence-corrected chi connectivity index (χ1v) is 11.8. The molecule has 1 fully saturated rings. The van der Waals surface area contributed by atoms with Crippen molar-refractivity contribution >= 4 is 28.1 Å². The highest BCUT2D eigenvalue weighted by Gasteiger charge is 2.40. The summed E-state index contributed by atoms with van der Waals surface area (Å²) < 4.78 is 2.29. The molecule has 1 saturated heterocycles. The molecular weight excluding hydrogens is 426 g/mol. The molecular formula is C27H29N5S. The molecule has 2 atom stereocenters. The topological polar surface area (TPSA) is 36.3 Å². The Kier molecular flexibility index (Phi) is 6.11. The number of pyridine rings is 1. The standard InChI is InChI=1S/C27H29N5S/c1-30(2)16-8-18-32-26(25(29-27(32)33)23-11-5-6-15-28-23)24-12-7-17-31(24)22-14-13-20-9-3-4-10-21(20)19-22/h3-7,9-15,17,19,25-26H,8,16,18H2,1-2H3,(H,29,33). The van der Waals surface area contributed by atoms with E-state index in [4.69, 9.17) is 12.2 Å².